The van der Waals surface area contributed by atoms with Crippen molar-refractivity contribution in [2.24, 2.45) is 10.6 Å². The van der Waals surface area contributed by atoms with Gasteiger partial charge in [-0.15, -0.1) is 6.58 Å². The molecule has 27 heavy (non-hydrogen) atoms. The maximum Gasteiger partial charge on any atom is 0.313 e. The van der Waals surface area contributed by atoms with E-state index in [1.165, 1.54) is 12.1 Å². The molecule has 1 aromatic rings. The number of rotatable bonds is 7. The highest BCUT2D eigenvalue weighted by molar-refractivity contribution is 6.01. The van der Waals surface area contributed by atoms with Crippen molar-refractivity contribution in [1.82, 2.24) is 4.90 Å². The predicted molar refractivity (Wildman–Crippen MR) is 102 cm³/mol. The lowest BCUT2D eigenvalue weighted by molar-refractivity contribution is -0.162. The van der Waals surface area contributed by atoms with Crippen molar-refractivity contribution >= 4 is 11.7 Å². The van der Waals surface area contributed by atoms with Crippen molar-refractivity contribution in [3.05, 3.63) is 48.3 Å². The number of carbonyl (C=O) groups excluding carboxylic acids is 1. The number of benzene rings is 1. The minimum absolute atomic E-state index is 0.155. The van der Waals surface area contributed by atoms with Gasteiger partial charge in [0.2, 0.25) is 0 Å². The van der Waals surface area contributed by atoms with Crippen molar-refractivity contribution in [2.45, 2.75) is 38.7 Å². The van der Waals surface area contributed by atoms with Crippen LogP contribution in [0.4, 0.5) is 4.39 Å². The molecule has 3 rings (SSSR count). The Hall–Kier alpha value is -2.21. The number of esters is 1. The van der Waals surface area contributed by atoms with Gasteiger partial charge in [-0.3, -0.25) is 9.69 Å². The van der Waals surface area contributed by atoms with E-state index in [-0.39, 0.29) is 17.9 Å². The summed E-state index contributed by atoms with van der Waals surface area (Å²) in [6.07, 6.45) is 4.57. The van der Waals surface area contributed by atoms with Gasteiger partial charge in [-0.1, -0.05) is 23.4 Å². The van der Waals surface area contributed by atoms with Crippen LogP contribution in [0, 0.1) is 11.2 Å². The van der Waals surface area contributed by atoms with Crippen LogP contribution >= 0.6 is 0 Å². The topological polar surface area (TPSA) is 51.1 Å². The van der Waals surface area contributed by atoms with Gasteiger partial charge in [-0.25, -0.2) is 4.39 Å². The van der Waals surface area contributed by atoms with Crippen LogP contribution in [-0.2, 0) is 14.4 Å². The second kappa shape index (κ2) is 8.65. The third-order valence-electron chi connectivity index (χ3n) is 5.28. The van der Waals surface area contributed by atoms with E-state index in [1.54, 1.807) is 12.1 Å². The van der Waals surface area contributed by atoms with Crippen molar-refractivity contribution in [3.8, 4) is 0 Å². The molecule has 2 aliphatic heterocycles. The SMILES string of the molecule is C=CCN1CCC[C@@](C[C@H]2CC(c3ccc(F)cc3)=NO2)(C(=O)OCC)C1. The quantitative estimate of drug-likeness (QED) is 0.541. The highest BCUT2D eigenvalue weighted by Crippen LogP contribution is 2.39. The minimum Gasteiger partial charge on any atom is -0.466 e. The fraction of sp³-hybridized carbons (Fsp3) is 0.524. The van der Waals surface area contributed by atoms with Gasteiger partial charge in [-0.2, -0.15) is 0 Å². The number of carbonyl (C=O) groups is 1. The summed E-state index contributed by atoms with van der Waals surface area (Å²) in [5, 5.41) is 4.19. The molecule has 0 aromatic heterocycles. The van der Waals surface area contributed by atoms with Crippen LogP contribution in [0.25, 0.3) is 0 Å². The van der Waals surface area contributed by atoms with Gasteiger partial charge in [0.05, 0.1) is 17.7 Å². The van der Waals surface area contributed by atoms with Crippen LogP contribution in [0.3, 0.4) is 0 Å². The van der Waals surface area contributed by atoms with Gasteiger partial charge in [0.25, 0.3) is 0 Å². The molecule has 0 N–H and O–H groups in total. The Labute approximate surface area is 159 Å². The first kappa shape index (κ1) is 19.5. The van der Waals surface area contributed by atoms with E-state index in [9.17, 15) is 9.18 Å². The largest absolute Gasteiger partial charge is 0.466 e. The second-order valence-electron chi connectivity index (χ2n) is 7.31. The van der Waals surface area contributed by atoms with Crippen LogP contribution in [0.5, 0.6) is 0 Å². The molecule has 0 bridgehead atoms. The van der Waals surface area contributed by atoms with Gasteiger partial charge in [0.15, 0.2) is 0 Å². The third kappa shape index (κ3) is 4.56. The number of ether oxygens (including phenoxy) is 1. The fourth-order valence-corrected chi connectivity index (χ4v) is 4.05. The number of likely N-dealkylation sites (tertiary alicyclic amines) is 1. The third-order valence-corrected chi connectivity index (χ3v) is 5.28. The molecular formula is C21H27FN2O3. The van der Waals surface area contributed by atoms with E-state index >= 15 is 0 Å². The Balaban J connectivity index is 1.70. The molecule has 5 nitrogen and oxygen atoms in total. The van der Waals surface area contributed by atoms with Crippen LogP contribution < -0.4 is 0 Å². The number of oxime groups is 1. The van der Waals surface area contributed by atoms with Gasteiger partial charge < -0.3 is 9.57 Å². The number of hydrogen-bond donors (Lipinski definition) is 0. The molecule has 2 atom stereocenters. The average Bonchev–Trinajstić information content (AvgIpc) is 3.11. The van der Waals surface area contributed by atoms with Crippen LogP contribution in [0.1, 0.15) is 38.2 Å². The molecule has 0 saturated carbocycles. The van der Waals surface area contributed by atoms with E-state index in [0.29, 0.717) is 26.0 Å². The highest BCUT2D eigenvalue weighted by Gasteiger charge is 2.46. The molecule has 2 heterocycles. The summed E-state index contributed by atoms with van der Waals surface area (Å²) >= 11 is 0. The summed E-state index contributed by atoms with van der Waals surface area (Å²) in [7, 11) is 0. The fourth-order valence-electron chi connectivity index (χ4n) is 4.05. The monoisotopic (exact) mass is 374 g/mol. The second-order valence-corrected chi connectivity index (χ2v) is 7.31. The van der Waals surface area contributed by atoms with Crippen LogP contribution in [0.15, 0.2) is 42.1 Å². The number of piperidine rings is 1. The molecule has 146 valence electrons. The summed E-state index contributed by atoms with van der Waals surface area (Å²) in [5.41, 5.74) is 1.05. The summed E-state index contributed by atoms with van der Waals surface area (Å²) in [6, 6.07) is 6.24. The zero-order valence-corrected chi connectivity index (χ0v) is 15.8. The van der Waals surface area contributed by atoms with E-state index in [4.69, 9.17) is 9.57 Å². The zero-order valence-electron chi connectivity index (χ0n) is 15.8. The Morgan fingerprint density at radius 1 is 1.48 bits per heavy atom. The van der Waals surface area contributed by atoms with Gasteiger partial charge in [-0.05, 0) is 44.0 Å². The molecule has 0 aliphatic carbocycles. The van der Waals surface area contributed by atoms with Crippen molar-refractivity contribution in [2.75, 3.05) is 26.2 Å². The van der Waals surface area contributed by atoms with E-state index in [1.807, 2.05) is 13.0 Å². The maximum atomic E-state index is 13.1. The molecular weight excluding hydrogens is 347 g/mol. The zero-order chi connectivity index (χ0) is 19.3. The Bertz CT molecular complexity index is 704. The van der Waals surface area contributed by atoms with Gasteiger partial charge in [0.1, 0.15) is 11.9 Å². The van der Waals surface area contributed by atoms with Crippen molar-refractivity contribution < 1.29 is 18.8 Å². The molecule has 1 aromatic carbocycles. The summed E-state index contributed by atoms with van der Waals surface area (Å²) in [4.78, 5) is 20.7. The van der Waals surface area contributed by atoms with Gasteiger partial charge in [0, 0.05) is 25.9 Å². The normalized spacial score (nSPS) is 25.6. The van der Waals surface area contributed by atoms with Crippen LogP contribution in [0.2, 0.25) is 0 Å². The van der Waals surface area contributed by atoms with E-state index in [0.717, 1.165) is 37.2 Å². The summed E-state index contributed by atoms with van der Waals surface area (Å²) < 4.78 is 18.6. The lowest BCUT2D eigenvalue weighted by Gasteiger charge is -2.41. The molecule has 1 fully saturated rings. The lowest BCUT2D eigenvalue weighted by Crippen LogP contribution is -2.50. The van der Waals surface area contributed by atoms with Crippen LogP contribution in [-0.4, -0.2) is 48.9 Å². The molecule has 0 spiro atoms. The Kier molecular flexibility index (Phi) is 6.26. The number of halogens is 1. The Morgan fingerprint density at radius 3 is 2.96 bits per heavy atom. The van der Waals surface area contributed by atoms with Gasteiger partial charge >= 0.3 is 5.97 Å². The lowest BCUT2D eigenvalue weighted by atomic mass is 9.74. The van der Waals surface area contributed by atoms with Crippen molar-refractivity contribution in [3.63, 3.8) is 0 Å². The van der Waals surface area contributed by atoms with E-state index < -0.39 is 5.41 Å². The molecule has 0 unspecified atom stereocenters. The molecule has 0 radical (unpaired) electrons. The smallest absolute Gasteiger partial charge is 0.313 e. The Morgan fingerprint density at radius 2 is 2.26 bits per heavy atom. The average molecular weight is 374 g/mol. The standard InChI is InChI=1S/C21H27FN2O3/c1-3-11-24-12-5-10-21(15-24,20(25)26-4-2)14-18-13-19(23-27-18)16-6-8-17(22)9-7-16/h3,6-9,18H,1,4-5,10-15H2,2H3/t18-,21+/m1/s1. The summed E-state index contributed by atoms with van der Waals surface area (Å²) in [6.45, 7) is 8.36. The molecule has 0 amide bonds. The number of hydrogen-bond acceptors (Lipinski definition) is 5. The van der Waals surface area contributed by atoms with Crippen molar-refractivity contribution in [1.29, 1.82) is 0 Å². The maximum absolute atomic E-state index is 13.1. The molecule has 2 aliphatic rings. The highest BCUT2D eigenvalue weighted by atomic mass is 19.1. The molecule has 1 saturated heterocycles. The van der Waals surface area contributed by atoms with E-state index in [2.05, 4.69) is 16.6 Å². The first-order chi connectivity index (χ1) is 13.1. The predicted octanol–water partition coefficient (Wildman–Crippen LogP) is 3.54. The summed E-state index contributed by atoms with van der Waals surface area (Å²) in [5.74, 6) is -0.432. The minimum atomic E-state index is -0.588. The number of nitrogens with zero attached hydrogens (tertiary/aromatic N) is 2. The first-order valence-corrected chi connectivity index (χ1v) is 9.55. The first-order valence-electron chi connectivity index (χ1n) is 9.55. The molecule has 6 heteroatoms.